The van der Waals surface area contributed by atoms with Gasteiger partial charge in [-0.3, -0.25) is 19.2 Å². The van der Waals surface area contributed by atoms with E-state index in [0.717, 1.165) is 24.0 Å². The van der Waals surface area contributed by atoms with E-state index < -0.39 is 23.3 Å². The van der Waals surface area contributed by atoms with Crippen molar-refractivity contribution in [1.82, 2.24) is 29.3 Å². The van der Waals surface area contributed by atoms with Crippen molar-refractivity contribution in [3.8, 4) is 22.4 Å². The summed E-state index contributed by atoms with van der Waals surface area (Å²) >= 11 is 0. The molecular weight excluding hydrogens is 499 g/mol. The van der Waals surface area contributed by atoms with Crippen molar-refractivity contribution in [2.45, 2.75) is 51.2 Å². The number of anilines is 2. The number of nitrogen functional groups attached to an aromatic ring is 1. The van der Waals surface area contributed by atoms with Crippen LogP contribution in [0, 0.1) is 5.82 Å². The lowest BCUT2D eigenvalue weighted by Gasteiger charge is -2.49. The van der Waals surface area contributed by atoms with E-state index in [1.807, 2.05) is 16.9 Å². The second-order valence-corrected chi connectivity index (χ2v) is 10.6. The highest BCUT2D eigenvalue weighted by Crippen LogP contribution is 2.40. The fourth-order valence-electron chi connectivity index (χ4n) is 5.41. The van der Waals surface area contributed by atoms with E-state index in [1.165, 1.54) is 29.1 Å². The Morgan fingerprint density at radius 2 is 1.97 bits per heavy atom. The van der Waals surface area contributed by atoms with Crippen LogP contribution in [-0.4, -0.2) is 59.2 Å². The van der Waals surface area contributed by atoms with Crippen LogP contribution < -0.4 is 10.6 Å². The summed E-state index contributed by atoms with van der Waals surface area (Å²) in [4.78, 5) is 33.1. The molecule has 200 valence electrons. The first-order chi connectivity index (χ1) is 18.6. The minimum Gasteiger partial charge on any atom is -0.382 e. The highest BCUT2D eigenvalue weighted by molar-refractivity contribution is 6.04. The minimum atomic E-state index is -1.16. The van der Waals surface area contributed by atoms with Crippen molar-refractivity contribution >= 4 is 28.8 Å². The Hall–Kier alpha value is -4.54. The van der Waals surface area contributed by atoms with Gasteiger partial charge in [0.15, 0.2) is 5.82 Å². The predicted octanol–water partition coefficient (Wildman–Crippen LogP) is 3.84. The molecule has 0 unspecified atom stereocenters. The molecular formula is C28H29FN8O2. The third-order valence-electron chi connectivity index (χ3n) is 7.69. The van der Waals surface area contributed by atoms with Crippen molar-refractivity contribution in [2.75, 3.05) is 17.2 Å². The second kappa shape index (κ2) is 8.75. The first-order valence-electron chi connectivity index (χ1n) is 12.8. The first-order valence-corrected chi connectivity index (χ1v) is 12.8. The van der Waals surface area contributed by atoms with E-state index in [9.17, 15) is 9.59 Å². The number of aromatic nitrogens is 5. The molecule has 39 heavy (non-hydrogen) atoms. The predicted molar refractivity (Wildman–Crippen MR) is 145 cm³/mol. The van der Waals surface area contributed by atoms with Crippen LogP contribution in [0.25, 0.3) is 27.9 Å². The summed E-state index contributed by atoms with van der Waals surface area (Å²) < 4.78 is 19.1. The molecule has 1 aliphatic carbocycles. The molecule has 2 N–H and O–H groups in total. The lowest BCUT2D eigenvalue weighted by atomic mass is 9.93. The number of amides is 2. The number of carbonyl (C=O) groups excluding carboxylic acids is 2. The Bertz CT molecular complexity index is 1650. The van der Waals surface area contributed by atoms with Crippen LogP contribution in [0.15, 0.2) is 55.6 Å². The number of hydrogen-bond donors (Lipinski definition) is 1. The van der Waals surface area contributed by atoms with Gasteiger partial charge in [0.1, 0.15) is 23.2 Å². The summed E-state index contributed by atoms with van der Waals surface area (Å²) in [5, 5.41) is 8.96. The highest BCUT2D eigenvalue weighted by atomic mass is 19.1. The minimum absolute atomic E-state index is 0.0961. The van der Waals surface area contributed by atoms with Gasteiger partial charge in [0.25, 0.3) is 5.91 Å². The summed E-state index contributed by atoms with van der Waals surface area (Å²) in [6.45, 7) is 8.81. The fourth-order valence-corrected chi connectivity index (χ4v) is 5.41. The lowest BCUT2D eigenvalue weighted by Crippen LogP contribution is -2.67. The summed E-state index contributed by atoms with van der Waals surface area (Å²) in [6.07, 6.45) is 8.93. The van der Waals surface area contributed by atoms with Gasteiger partial charge in [-0.25, -0.2) is 13.9 Å². The SMILES string of the molecule is C=C[C@H]1CN(C(C)=O)C(C)(C)C(=O)N1c1cc(-c2cc(-c3cnn(C4CC4)c3)c3c(N)ncnn23)ccc1F. The Balaban J connectivity index is 1.48. The molecule has 2 amide bonds. The molecule has 0 bridgehead atoms. The Morgan fingerprint density at radius 1 is 1.21 bits per heavy atom. The number of halogens is 1. The summed E-state index contributed by atoms with van der Waals surface area (Å²) in [5.41, 5.74) is 8.81. The van der Waals surface area contributed by atoms with Crippen molar-refractivity contribution in [1.29, 1.82) is 0 Å². The Morgan fingerprint density at radius 3 is 2.67 bits per heavy atom. The summed E-state index contributed by atoms with van der Waals surface area (Å²) in [6, 6.07) is 6.34. The van der Waals surface area contributed by atoms with Crippen molar-refractivity contribution in [3.63, 3.8) is 0 Å². The molecule has 10 nitrogen and oxygen atoms in total. The topological polar surface area (TPSA) is 115 Å². The van der Waals surface area contributed by atoms with Crippen molar-refractivity contribution < 1.29 is 14.0 Å². The van der Waals surface area contributed by atoms with Gasteiger partial charge in [-0.1, -0.05) is 6.08 Å². The second-order valence-electron chi connectivity index (χ2n) is 10.6. The lowest BCUT2D eigenvalue weighted by molar-refractivity contribution is -0.146. The Kier molecular flexibility index (Phi) is 5.56. The van der Waals surface area contributed by atoms with E-state index in [-0.39, 0.29) is 18.1 Å². The molecule has 4 heterocycles. The molecule has 2 aliphatic rings. The van der Waals surface area contributed by atoms with Crippen LogP contribution in [0.2, 0.25) is 0 Å². The standard InChI is InChI=1S/C28H29FN8O2/c1-5-19-14-34(16(2)38)28(3,4)27(39)36(19)24-10-17(6-9-22(24)29)23-11-21(25-26(30)31-15-33-37(23)25)18-12-32-35(13-18)20-7-8-20/h5-6,9-13,15,19-20H,1,7-8,14H2,2-4H3,(H2,30,31,33)/t19-/m0/s1. The number of rotatable bonds is 5. The molecule has 11 heteroatoms. The molecule has 0 radical (unpaired) electrons. The highest BCUT2D eigenvalue weighted by Gasteiger charge is 2.47. The fraction of sp³-hybridized carbons (Fsp3) is 0.321. The van der Waals surface area contributed by atoms with Gasteiger partial charge in [0.05, 0.1) is 29.7 Å². The number of piperazine rings is 1. The van der Waals surface area contributed by atoms with E-state index in [4.69, 9.17) is 5.73 Å². The smallest absolute Gasteiger partial charge is 0.253 e. The van der Waals surface area contributed by atoms with Gasteiger partial charge >= 0.3 is 0 Å². The number of carbonyl (C=O) groups is 2. The number of nitrogens with two attached hydrogens (primary N) is 1. The van der Waals surface area contributed by atoms with Crippen molar-refractivity contribution in [2.24, 2.45) is 0 Å². The van der Waals surface area contributed by atoms with E-state index >= 15 is 4.39 Å². The molecule has 4 aromatic rings. The average molecular weight is 529 g/mol. The van der Waals surface area contributed by atoms with Gasteiger partial charge in [0.2, 0.25) is 5.91 Å². The van der Waals surface area contributed by atoms with Gasteiger partial charge in [-0.05, 0) is 51.0 Å². The van der Waals surface area contributed by atoms with E-state index in [2.05, 4.69) is 21.8 Å². The monoisotopic (exact) mass is 528 g/mol. The number of nitrogens with zero attached hydrogens (tertiary/aromatic N) is 7. The number of fused-ring (bicyclic) bond motifs is 1. The molecule has 1 saturated carbocycles. The van der Waals surface area contributed by atoms with Crippen LogP contribution in [-0.2, 0) is 9.59 Å². The maximum atomic E-state index is 15.4. The van der Waals surface area contributed by atoms with E-state index in [0.29, 0.717) is 28.6 Å². The molecule has 3 aromatic heterocycles. The zero-order valence-corrected chi connectivity index (χ0v) is 22.0. The summed E-state index contributed by atoms with van der Waals surface area (Å²) in [7, 11) is 0. The van der Waals surface area contributed by atoms with Gasteiger partial charge in [-0.15, -0.1) is 6.58 Å². The molecule has 1 aromatic carbocycles. The maximum absolute atomic E-state index is 15.4. The third-order valence-corrected chi connectivity index (χ3v) is 7.69. The molecule has 1 atom stereocenters. The first kappa shape index (κ1) is 24.8. The molecule has 6 rings (SSSR count). The normalized spacial score (nSPS) is 19.1. The molecule has 1 aliphatic heterocycles. The van der Waals surface area contributed by atoms with Crippen LogP contribution in [0.5, 0.6) is 0 Å². The van der Waals surface area contributed by atoms with Gasteiger partial charge in [-0.2, -0.15) is 10.2 Å². The largest absolute Gasteiger partial charge is 0.382 e. The zero-order chi connectivity index (χ0) is 27.6. The molecule has 0 spiro atoms. The van der Waals surface area contributed by atoms with Crippen LogP contribution in [0.4, 0.5) is 15.9 Å². The molecule has 2 fully saturated rings. The quantitative estimate of drug-likeness (QED) is 0.394. The zero-order valence-electron chi connectivity index (χ0n) is 22.0. The van der Waals surface area contributed by atoms with Crippen LogP contribution in [0.1, 0.15) is 39.7 Å². The summed E-state index contributed by atoms with van der Waals surface area (Å²) in [5.74, 6) is -0.892. The van der Waals surface area contributed by atoms with Crippen LogP contribution in [0.3, 0.4) is 0 Å². The van der Waals surface area contributed by atoms with Crippen molar-refractivity contribution in [3.05, 3.63) is 61.5 Å². The third kappa shape index (κ3) is 3.87. The number of benzene rings is 1. The average Bonchev–Trinajstić information content (AvgIpc) is 3.50. The van der Waals surface area contributed by atoms with Crippen LogP contribution >= 0.6 is 0 Å². The Labute approximate surface area is 224 Å². The van der Waals surface area contributed by atoms with E-state index in [1.54, 1.807) is 42.8 Å². The van der Waals surface area contributed by atoms with Gasteiger partial charge < -0.3 is 10.6 Å². The van der Waals surface area contributed by atoms with Gasteiger partial charge in [0, 0.05) is 36.4 Å². The number of hydrogen-bond acceptors (Lipinski definition) is 6. The maximum Gasteiger partial charge on any atom is 0.253 e. The molecule has 1 saturated heterocycles.